The molecule has 1 N–H and O–H groups in total. The molecular weight excluding hydrogens is 294 g/mol. The van der Waals surface area contributed by atoms with Gasteiger partial charge in [0.25, 0.3) is 0 Å². The van der Waals surface area contributed by atoms with Gasteiger partial charge in [-0.2, -0.15) is 5.10 Å². The van der Waals surface area contributed by atoms with Gasteiger partial charge < -0.3 is 14.7 Å². The minimum Gasteiger partial charge on any atom is -0.338 e. The van der Waals surface area contributed by atoms with E-state index in [4.69, 9.17) is 0 Å². The third-order valence-corrected chi connectivity index (χ3v) is 5.33. The number of nitrogens with zero attached hydrogens (tertiary/aromatic N) is 4. The Hall–Kier alpha value is -1.89. The predicted octanol–water partition coefficient (Wildman–Crippen LogP) is -0.153. The van der Waals surface area contributed by atoms with E-state index in [1.54, 1.807) is 0 Å². The number of amides is 2. The Morgan fingerprint density at radius 2 is 2.17 bits per heavy atom. The molecule has 2 saturated heterocycles. The van der Waals surface area contributed by atoms with Gasteiger partial charge in [-0.05, 0) is 19.9 Å². The van der Waals surface area contributed by atoms with Gasteiger partial charge in [-0.15, -0.1) is 0 Å². The lowest BCUT2D eigenvalue weighted by molar-refractivity contribution is -0.136. The van der Waals surface area contributed by atoms with Gasteiger partial charge in [0.15, 0.2) is 0 Å². The first kappa shape index (κ1) is 14.7. The number of aryl methyl sites for hydroxylation is 1. The first-order valence-electron chi connectivity index (χ1n) is 8.39. The van der Waals surface area contributed by atoms with Crippen molar-refractivity contribution in [3.63, 3.8) is 0 Å². The fourth-order valence-corrected chi connectivity index (χ4v) is 3.98. The van der Waals surface area contributed by atoms with Crippen LogP contribution in [0.2, 0.25) is 0 Å². The summed E-state index contributed by atoms with van der Waals surface area (Å²) in [4.78, 5) is 31.2. The van der Waals surface area contributed by atoms with E-state index >= 15 is 0 Å². The highest BCUT2D eigenvalue weighted by molar-refractivity contribution is 5.89. The molecule has 0 aromatic carbocycles. The number of aromatic amines is 1. The van der Waals surface area contributed by atoms with E-state index in [0.29, 0.717) is 25.6 Å². The number of fused-ring (bicyclic) bond motifs is 1. The monoisotopic (exact) mass is 317 g/mol. The van der Waals surface area contributed by atoms with E-state index in [2.05, 4.69) is 22.1 Å². The van der Waals surface area contributed by atoms with Crippen molar-refractivity contribution in [2.24, 2.45) is 5.92 Å². The van der Waals surface area contributed by atoms with E-state index < -0.39 is 0 Å². The maximum Gasteiger partial charge on any atom is 0.228 e. The summed E-state index contributed by atoms with van der Waals surface area (Å²) in [7, 11) is 2.05. The summed E-state index contributed by atoms with van der Waals surface area (Å²) in [6.45, 7) is 3.81. The van der Waals surface area contributed by atoms with E-state index in [1.165, 1.54) is 0 Å². The van der Waals surface area contributed by atoms with Gasteiger partial charge in [0.1, 0.15) is 0 Å². The minimum absolute atomic E-state index is 0.127. The number of H-pyrrole nitrogens is 1. The second-order valence-corrected chi connectivity index (χ2v) is 7.06. The fourth-order valence-electron chi connectivity index (χ4n) is 3.98. The number of nitrogens with one attached hydrogen (secondary N) is 1. The van der Waals surface area contributed by atoms with Crippen LogP contribution >= 0.6 is 0 Å². The van der Waals surface area contributed by atoms with Crippen molar-refractivity contribution in [1.29, 1.82) is 0 Å². The first-order chi connectivity index (χ1) is 11.1. The first-order valence-corrected chi connectivity index (χ1v) is 8.39. The number of hydrogen-bond acceptors (Lipinski definition) is 4. The molecule has 1 unspecified atom stereocenters. The van der Waals surface area contributed by atoms with Crippen LogP contribution in [-0.2, 0) is 22.6 Å². The average Bonchev–Trinajstić information content (AvgIpc) is 3.04. The van der Waals surface area contributed by atoms with Gasteiger partial charge >= 0.3 is 0 Å². The average molecular weight is 317 g/mol. The Bertz CT molecular complexity index is 622. The Balaban J connectivity index is 1.42. The zero-order chi connectivity index (χ0) is 16.0. The SMILES string of the molecule is CN1CC(N2CC(C(=O)N3CCCc4[nH]ncc4C3)CC2=O)C1. The highest BCUT2D eigenvalue weighted by Gasteiger charge is 2.42. The number of carbonyl (C=O) groups excluding carboxylic acids is 2. The van der Waals surface area contributed by atoms with Gasteiger partial charge in [0, 0.05) is 50.4 Å². The number of likely N-dealkylation sites (N-methyl/N-ethyl adjacent to an activating group) is 1. The Kier molecular flexibility index (Phi) is 3.60. The van der Waals surface area contributed by atoms with E-state index in [9.17, 15) is 9.59 Å². The van der Waals surface area contributed by atoms with Gasteiger partial charge in [-0.1, -0.05) is 0 Å². The lowest BCUT2D eigenvalue weighted by atomic mass is 10.1. The Morgan fingerprint density at radius 1 is 1.35 bits per heavy atom. The Labute approximate surface area is 135 Å². The molecule has 2 fully saturated rings. The number of hydrogen-bond donors (Lipinski definition) is 1. The van der Waals surface area contributed by atoms with Crippen molar-refractivity contribution in [3.05, 3.63) is 17.5 Å². The van der Waals surface area contributed by atoms with Crippen molar-refractivity contribution in [2.75, 3.05) is 33.2 Å². The lowest BCUT2D eigenvalue weighted by Crippen LogP contribution is -2.58. The van der Waals surface area contributed by atoms with E-state index in [-0.39, 0.29) is 17.7 Å². The molecule has 3 aliphatic rings. The standard InChI is InChI=1S/C16H23N5O2/c1-19-9-13(10-19)21-8-11(5-15(21)22)16(23)20-4-2-3-14-12(7-20)6-17-18-14/h6,11,13H,2-5,7-10H2,1H3,(H,17,18). The summed E-state index contributed by atoms with van der Waals surface area (Å²) in [5.74, 6) is 0.0877. The van der Waals surface area contributed by atoms with Crippen LogP contribution in [0.25, 0.3) is 0 Å². The van der Waals surface area contributed by atoms with Crippen LogP contribution < -0.4 is 0 Å². The van der Waals surface area contributed by atoms with Gasteiger partial charge in [0.05, 0.1) is 18.2 Å². The predicted molar refractivity (Wildman–Crippen MR) is 83.4 cm³/mol. The number of carbonyl (C=O) groups is 2. The molecule has 23 heavy (non-hydrogen) atoms. The number of aromatic nitrogens is 2. The number of rotatable bonds is 2. The van der Waals surface area contributed by atoms with Crippen molar-refractivity contribution in [2.45, 2.75) is 31.8 Å². The molecule has 2 amide bonds. The molecule has 1 aromatic heterocycles. The molecule has 1 atom stereocenters. The third kappa shape index (κ3) is 2.63. The van der Waals surface area contributed by atoms with Crippen LogP contribution in [0.1, 0.15) is 24.1 Å². The fraction of sp³-hybridized carbons (Fsp3) is 0.688. The Morgan fingerprint density at radius 3 is 2.96 bits per heavy atom. The molecule has 3 aliphatic heterocycles. The molecule has 124 valence electrons. The molecule has 0 spiro atoms. The van der Waals surface area contributed by atoms with Crippen LogP contribution in [0.3, 0.4) is 0 Å². The smallest absolute Gasteiger partial charge is 0.228 e. The molecule has 0 bridgehead atoms. The quantitative estimate of drug-likeness (QED) is 0.823. The van der Waals surface area contributed by atoms with Crippen molar-refractivity contribution < 1.29 is 9.59 Å². The van der Waals surface area contributed by atoms with Crippen LogP contribution in [-0.4, -0.2) is 76.0 Å². The summed E-state index contributed by atoms with van der Waals surface area (Å²) < 4.78 is 0. The summed E-state index contributed by atoms with van der Waals surface area (Å²) in [6, 6.07) is 0.301. The summed E-state index contributed by atoms with van der Waals surface area (Å²) in [6.07, 6.45) is 4.06. The maximum absolute atomic E-state index is 12.9. The normalized spacial score (nSPS) is 26.1. The molecule has 7 nitrogen and oxygen atoms in total. The van der Waals surface area contributed by atoms with E-state index in [1.807, 2.05) is 16.0 Å². The van der Waals surface area contributed by atoms with Crippen LogP contribution in [0, 0.1) is 5.92 Å². The summed E-state index contributed by atoms with van der Waals surface area (Å²) in [5, 5.41) is 7.10. The molecule has 1 aromatic rings. The van der Waals surface area contributed by atoms with Gasteiger partial charge in [-0.3, -0.25) is 14.7 Å². The van der Waals surface area contributed by atoms with Crippen LogP contribution in [0.4, 0.5) is 0 Å². The summed E-state index contributed by atoms with van der Waals surface area (Å²) >= 11 is 0. The molecule has 0 aliphatic carbocycles. The molecule has 0 saturated carbocycles. The zero-order valence-electron chi connectivity index (χ0n) is 13.5. The van der Waals surface area contributed by atoms with Crippen molar-refractivity contribution in [1.82, 2.24) is 24.9 Å². The van der Waals surface area contributed by atoms with Crippen LogP contribution in [0.15, 0.2) is 6.20 Å². The van der Waals surface area contributed by atoms with Crippen molar-refractivity contribution >= 4 is 11.8 Å². The second-order valence-electron chi connectivity index (χ2n) is 7.06. The summed E-state index contributed by atoms with van der Waals surface area (Å²) in [5.41, 5.74) is 2.25. The van der Waals surface area contributed by atoms with Crippen molar-refractivity contribution in [3.8, 4) is 0 Å². The van der Waals surface area contributed by atoms with Gasteiger partial charge in [-0.25, -0.2) is 0 Å². The largest absolute Gasteiger partial charge is 0.338 e. The number of likely N-dealkylation sites (tertiary alicyclic amines) is 2. The lowest BCUT2D eigenvalue weighted by Gasteiger charge is -2.42. The topological polar surface area (TPSA) is 72.5 Å². The molecule has 0 radical (unpaired) electrons. The van der Waals surface area contributed by atoms with Gasteiger partial charge in [0.2, 0.25) is 11.8 Å². The minimum atomic E-state index is -0.179. The highest BCUT2D eigenvalue weighted by atomic mass is 16.2. The van der Waals surface area contributed by atoms with E-state index in [0.717, 1.165) is 43.7 Å². The third-order valence-electron chi connectivity index (χ3n) is 5.33. The molecular formula is C16H23N5O2. The van der Waals surface area contributed by atoms with Crippen LogP contribution in [0.5, 0.6) is 0 Å². The zero-order valence-corrected chi connectivity index (χ0v) is 13.5. The molecule has 4 rings (SSSR count). The maximum atomic E-state index is 12.9. The molecule has 7 heteroatoms. The highest BCUT2D eigenvalue weighted by Crippen LogP contribution is 2.27. The second kappa shape index (κ2) is 5.63. The molecule has 4 heterocycles.